The Bertz CT molecular complexity index is 435. The fourth-order valence-corrected chi connectivity index (χ4v) is 1.75. The maximum Gasteiger partial charge on any atom is 0.406 e. The zero-order valence-electron chi connectivity index (χ0n) is 9.83. The number of halogens is 4. The van der Waals surface area contributed by atoms with Gasteiger partial charge in [0.1, 0.15) is 11.1 Å². The molecular formula is C11H12BrF3N2O. The number of pyridine rings is 1. The Morgan fingerprint density at radius 3 is 2.56 bits per heavy atom. The molecule has 18 heavy (non-hydrogen) atoms. The number of nitrogens with zero attached hydrogens (tertiary/aromatic N) is 2. The summed E-state index contributed by atoms with van der Waals surface area (Å²) in [5, 5.41) is 0. The first-order valence-corrected chi connectivity index (χ1v) is 5.99. The lowest BCUT2D eigenvalue weighted by Crippen LogP contribution is -2.43. The molecule has 3 nitrogen and oxygen atoms in total. The summed E-state index contributed by atoms with van der Waals surface area (Å²) in [6, 6.07) is 2.25. The molecule has 0 aliphatic carbocycles. The highest BCUT2D eigenvalue weighted by Crippen LogP contribution is 2.20. The minimum atomic E-state index is -4.41. The van der Waals surface area contributed by atoms with E-state index in [-0.39, 0.29) is 5.56 Å². The van der Waals surface area contributed by atoms with Crippen molar-refractivity contribution in [1.29, 1.82) is 0 Å². The van der Waals surface area contributed by atoms with Crippen LogP contribution in [0.2, 0.25) is 0 Å². The molecule has 0 aliphatic rings. The molecule has 0 aliphatic heterocycles. The minimum absolute atomic E-state index is 0.176. The van der Waals surface area contributed by atoms with Gasteiger partial charge in [-0.3, -0.25) is 4.79 Å². The molecule has 0 radical (unpaired) electrons. The van der Waals surface area contributed by atoms with E-state index in [1.165, 1.54) is 18.3 Å². The van der Waals surface area contributed by atoms with Gasteiger partial charge in [-0.15, -0.1) is 0 Å². The van der Waals surface area contributed by atoms with Crippen molar-refractivity contribution in [2.75, 3.05) is 6.54 Å². The standard InChI is InChI=1S/C11H12BrF3N2O/c1-7(2)17(6-11(13,14)15)10(18)8-3-4-16-9(12)5-8/h3-5,7H,6H2,1-2H3. The Morgan fingerprint density at radius 1 is 1.50 bits per heavy atom. The molecule has 1 aromatic heterocycles. The van der Waals surface area contributed by atoms with E-state index in [0.29, 0.717) is 4.60 Å². The molecular weight excluding hydrogens is 313 g/mol. The molecule has 0 fully saturated rings. The van der Waals surface area contributed by atoms with Gasteiger partial charge in [0, 0.05) is 17.8 Å². The van der Waals surface area contributed by atoms with Crippen LogP contribution in [-0.4, -0.2) is 34.6 Å². The summed E-state index contributed by atoms with van der Waals surface area (Å²) in [6.45, 7) is 1.82. The summed E-state index contributed by atoms with van der Waals surface area (Å²) in [6.07, 6.45) is -3.05. The van der Waals surface area contributed by atoms with Gasteiger partial charge in [0.05, 0.1) is 0 Å². The number of alkyl halides is 3. The molecule has 0 aromatic carbocycles. The maximum atomic E-state index is 12.4. The van der Waals surface area contributed by atoms with E-state index in [9.17, 15) is 18.0 Å². The zero-order chi connectivity index (χ0) is 13.9. The van der Waals surface area contributed by atoms with Crippen molar-refractivity contribution in [3.63, 3.8) is 0 Å². The van der Waals surface area contributed by atoms with Crippen LogP contribution in [0.1, 0.15) is 24.2 Å². The summed E-state index contributed by atoms with van der Waals surface area (Å²) >= 11 is 3.07. The van der Waals surface area contributed by atoms with Crippen molar-refractivity contribution in [3.8, 4) is 0 Å². The fourth-order valence-electron chi connectivity index (χ4n) is 1.38. The molecule has 1 heterocycles. The minimum Gasteiger partial charge on any atom is -0.327 e. The smallest absolute Gasteiger partial charge is 0.327 e. The van der Waals surface area contributed by atoms with Crippen LogP contribution in [0.15, 0.2) is 22.9 Å². The van der Waals surface area contributed by atoms with Gasteiger partial charge >= 0.3 is 6.18 Å². The molecule has 0 unspecified atom stereocenters. The Labute approximate surface area is 111 Å². The van der Waals surface area contributed by atoms with Crippen molar-refractivity contribution in [3.05, 3.63) is 28.5 Å². The Kier molecular flexibility index (Phi) is 4.72. The molecule has 0 atom stereocenters. The fraction of sp³-hybridized carbons (Fsp3) is 0.455. The van der Waals surface area contributed by atoms with Gasteiger partial charge in [0.15, 0.2) is 0 Å². The first-order valence-electron chi connectivity index (χ1n) is 5.20. The number of carbonyl (C=O) groups excluding carboxylic acids is 1. The number of hydrogen-bond acceptors (Lipinski definition) is 2. The van der Waals surface area contributed by atoms with Crippen molar-refractivity contribution in [1.82, 2.24) is 9.88 Å². The van der Waals surface area contributed by atoms with E-state index in [4.69, 9.17) is 0 Å². The first kappa shape index (κ1) is 14.9. The number of aromatic nitrogens is 1. The molecule has 1 rings (SSSR count). The monoisotopic (exact) mass is 324 g/mol. The molecule has 0 N–H and O–H groups in total. The van der Waals surface area contributed by atoms with E-state index in [2.05, 4.69) is 20.9 Å². The third-order valence-corrected chi connectivity index (χ3v) is 2.64. The van der Waals surface area contributed by atoms with Crippen LogP contribution in [0.4, 0.5) is 13.2 Å². The molecule has 1 aromatic rings. The van der Waals surface area contributed by atoms with E-state index >= 15 is 0 Å². The predicted octanol–water partition coefficient (Wildman–Crippen LogP) is 3.26. The van der Waals surface area contributed by atoms with Gasteiger partial charge in [0.2, 0.25) is 0 Å². The van der Waals surface area contributed by atoms with Gasteiger partial charge in [0.25, 0.3) is 5.91 Å². The second-order valence-corrected chi connectivity index (χ2v) is 4.82. The van der Waals surface area contributed by atoms with Crippen LogP contribution < -0.4 is 0 Å². The van der Waals surface area contributed by atoms with Gasteiger partial charge in [-0.1, -0.05) is 0 Å². The van der Waals surface area contributed by atoms with E-state index < -0.39 is 24.7 Å². The Hall–Kier alpha value is -1.11. The molecule has 0 bridgehead atoms. The van der Waals surface area contributed by atoms with Crippen LogP contribution in [0.3, 0.4) is 0 Å². The molecule has 1 amide bonds. The number of rotatable bonds is 3. The van der Waals surface area contributed by atoms with Crippen LogP contribution in [-0.2, 0) is 0 Å². The summed E-state index contributed by atoms with van der Waals surface area (Å²) in [5.41, 5.74) is 0.176. The van der Waals surface area contributed by atoms with Crippen molar-refractivity contribution in [2.24, 2.45) is 0 Å². The van der Waals surface area contributed by atoms with Crippen LogP contribution in [0.5, 0.6) is 0 Å². The predicted molar refractivity (Wildman–Crippen MR) is 64.2 cm³/mol. The Balaban J connectivity index is 2.97. The van der Waals surface area contributed by atoms with Crippen molar-refractivity contribution < 1.29 is 18.0 Å². The van der Waals surface area contributed by atoms with Gasteiger partial charge in [-0.05, 0) is 41.9 Å². The molecule has 100 valence electrons. The van der Waals surface area contributed by atoms with E-state index in [1.54, 1.807) is 13.8 Å². The normalized spacial score (nSPS) is 11.7. The summed E-state index contributed by atoms with van der Waals surface area (Å²) in [4.78, 5) is 16.6. The second kappa shape index (κ2) is 5.69. The molecule has 7 heteroatoms. The molecule has 0 saturated heterocycles. The molecule has 0 saturated carbocycles. The highest BCUT2D eigenvalue weighted by atomic mass is 79.9. The number of hydrogen-bond donors (Lipinski definition) is 0. The van der Waals surface area contributed by atoms with Gasteiger partial charge in [-0.25, -0.2) is 4.98 Å². The van der Waals surface area contributed by atoms with E-state index in [1.807, 2.05) is 0 Å². The summed E-state index contributed by atoms with van der Waals surface area (Å²) in [5.74, 6) is -0.662. The van der Waals surface area contributed by atoms with Gasteiger partial charge in [-0.2, -0.15) is 13.2 Å². The maximum absolute atomic E-state index is 12.4. The largest absolute Gasteiger partial charge is 0.406 e. The third kappa shape index (κ3) is 4.29. The topological polar surface area (TPSA) is 33.2 Å². The van der Waals surface area contributed by atoms with Crippen molar-refractivity contribution in [2.45, 2.75) is 26.1 Å². The lowest BCUT2D eigenvalue weighted by atomic mass is 10.2. The Morgan fingerprint density at radius 2 is 2.11 bits per heavy atom. The SMILES string of the molecule is CC(C)N(CC(F)(F)F)C(=O)c1ccnc(Br)c1. The van der Waals surface area contributed by atoms with E-state index in [0.717, 1.165) is 4.90 Å². The highest BCUT2D eigenvalue weighted by Gasteiger charge is 2.34. The van der Waals surface area contributed by atoms with Crippen LogP contribution in [0.25, 0.3) is 0 Å². The number of carbonyl (C=O) groups is 1. The number of amides is 1. The lowest BCUT2D eigenvalue weighted by molar-refractivity contribution is -0.143. The summed E-state index contributed by atoms with van der Waals surface area (Å²) in [7, 11) is 0. The quantitative estimate of drug-likeness (QED) is 0.799. The third-order valence-electron chi connectivity index (χ3n) is 2.21. The van der Waals surface area contributed by atoms with Gasteiger partial charge < -0.3 is 4.90 Å². The zero-order valence-corrected chi connectivity index (χ0v) is 11.4. The van der Waals surface area contributed by atoms with Crippen molar-refractivity contribution >= 4 is 21.8 Å². The van der Waals surface area contributed by atoms with Crippen LogP contribution >= 0.6 is 15.9 Å². The second-order valence-electron chi connectivity index (χ2n) is 4.01. The first-order chi connectivity index (χ1) is 8.20. The molecule has 0 spiro atoms. The average molecular weight is 325 g/mol. The van der Waals surface area contributed by atoms with Crippen LogP contribution in [0, 0.1) is 0 Å². The summed E-state index contributed by atoms with van der Waals surface area (Å²) < 4.78 is 37.6. The highest BCUT2D eigenvalue weighted by molar-refractivity contribution is 9.10. The average Bonchev–Trinajstić information content (AvgIpc) is 2.23. The lowest BCUT2D eigenvalue weighted by Gasteiger charge is -2.27.